The first-order chi connectivity index (χ1) is 9.19. The van der Waals surface area contributed by atoms with Crippen molar-refractivity contribution in [3.05, 3.63) is 35.7 Å². The van der Waals surface area contributed by atoms with E-state index < -0.39 is 0 Å². The van der Waals surface area contributed by atoms with E-state index >= 15 is 0 Å². The Bertz CT molecular complexity index is 633. The van der Waals surface area contributed by atoms with Crippen molar-refractivity contribution < 1.29 is 9.21 Å². The highest BCUT2D eigenvalue weighted by Gasteiger charge is 2.09. The summed E-state index contributed by atoms with van der Waals surface area (Å²) in [6.07, 6.45) is 0. The van der Waals surface area contributed by atoms with Gasteiger partial charge in [-0.05, 0) is 12.1 Å². The summed E-state index contributed by atoms with van der Waals surface area (Å²) in [7, 11) is 0. The van der Waals surface area contributed by atoms with Crippen LogP contribution in [-0.4, -0.2) is 21.9 Å². The summed E-state index contributed by atoms with van der Waals surface area (Å²) in [6, 6.07) is 8.83. The van der Waals surface area contributed by atoms with Gasteiger partial charge in [-0.2, -0.15) is 5.26 Å². The van der Waals surface area contributed by atoms with E-state index in [1.165, 1.54) is 0 Å². The molecule has 0 saturated carbocycles. The number of nitrogens with zero attached hydrogens (tertiary/aromatic N) is 3. The van der Waals surface area contributed by atoms with Crippen LogP contribution in [0.15, 0.2) is 33.9 Å². The summed E-state index contributed by atoms with van der Waals surface area (Å²) in [5, 5.41) is 19.4. The Labute approximate surface area is 113 Å². The van der Waals surface area contributed by atoms with Crippen LogP contribution in [0.3, 0.4) is 0 Å². The van der Waals surface area contributed by atoms with Crippen LogP contribution >= 0.6 is 11.8 Å². The third-order valence-corrected chi connectivity index (χ3v) is 2.97. The van der Waals surface area contributed by atoms with E-state index in [1.807, 2.05) is 6.07 Å². The van der Waals surface area contributed by atoms with Gasteiger partial charge < -0.3 is 9.73 Å². The van der Waals surface area contributed by atoms with Gasteiger partial charge in [-0.3, -0.25) is 4.79 Å². The second-order valence-corrected chi connectivity index (χ2v) is 4.51. The van der Waals surface area contributed by atoms with Crippen LogP contribution in [0.1, 0.15) is 11.5 Å². The minimum absolute atomic E-state index is 0.140. The molecule has 1 aromatic heterocycles. The first-order valence-electron chi connectivity index (χ1n) is 5.41. The molecule has 7 heteroatoms. The number of amides is 1. The Morgan fingerprint density at radius 3 is 2.95 bits per heavy atom. The van der Waals surface area contributed by atoms with Crippen LogP contribution in [0.25, 0.3) is 0 Å². The Morgan fingerprint density at radius 2 is 2.26 bits per heavy atom. The number of para-hydroxylation sites is 1. The first kappa shape index (κ1) is 13.1. The molecule has 19 heavy (non-hydrogen) atoms. The monoisotopic (exact) mass is 274 g/mol. The summed E-state index contributed by atoms with van der Waals surface area (Å²) in [6.45, 7) is 1.68. The molecule has 0 aliphatic heterocycles. The third kappa shape index (κ3) is 3.56. The lowest BCUT2D eigenvalue weighted by atomic mass is 10.2. The quantitative estimate of drug-likeness (QED) is 0.857. The van der Waals surface area contributed by atoms with Gasteiger partial charge in [0.05, 0.1) is 17.0 Å². The average molecular weight is 274 g/mol. The highest BCUT2D eigenvalue weighted by atomic mass is 32.2. The molecule has 0 aliphatic carbocycles. The van der Waals surface area contributed by atoms with Gasteiger partial charge in [0.15, 0.2) is 0 Å². The summed E-state index contributed by atoms with van der Waals surface area (Å²) in [5.74, 6) is 0.364. The lowest BCUT2D eigenvalue weighted by Gasteiger charge is -2.05. The maximum absolute atomic E-state index is 11.7. The minimum atomic E-state index is -0.233. The predicted octanol–water partition coefficient (Wildman–Crippen LogP) is 1.98. The van der Waals surface area contributed by atoms with Gasteiger partial charge in [0.2, 0.25) is 11.8 Å². The second-order valence-electron chi connectivity index (χ2n) is 3.58. The molecule has 2 aromatic rings. The van der Waals surface area contributed by atoms with Crippen LogP contribution in [0.2, 0.25) is 0 Å². The zero-order valence-electron chi connectivity index (χ0n) is 10.1. The van der Waals surface area contributed by atoms with Crippen molar-refractivity contribution in [2.45, 2.75) is 12.1 Å². The molecule has 6 nitrogen and oxygen atoms in total. The molecule has 1 heterocycles. The number of aromatic nitrogens is 2. The number of hydrogen-bond donors (Lipinski definition) is 1. The van der Waals surface area contributed by atoms with E-state index in [-0.39, 0.29) is 11.7 Å². The Balaban J connectivity index is 1.93. The number of nitriles is 1. The molecule has 0 fully saturated rings. The SMILES string of the molecule is Cc1nnc(SCC(=O)Nc2ccccc2C#N)o1. The van der Waals surface area contributed by atoms with Gasteiger partial charge >= 0.3 is 0 Å². The largest absolute Gasteiger partial charge is 0.416 e. The standard InChI is InChI=1S/C12H10N4O2S/c1-8-15-16-12(18-8)19-7-11(17)14-10-5-3-2-4-9(10)6-13/h2-5H,7H2,1H3,(H,14,17). The molecule has 0 saturated heterocycles. The van der Waals surface area contributed by atoms with Crippen LogP contribution in [0.4, 0.5) is 5.69 Å². The zero-order chi connectivity index (χ0) is 13.7. The summed E-state index contributed by atoms with van der Waals surface area (Å²) < 4.78 is 5.14. The fourth-order valence-corrected chi connectivity index (χ4v) is 1.94. The number of hydrogen-bond acceptors (Lipinski definition) is 6. The molecule has 0 atom stereocenters. The minimum Gasteiger partial charge on any atom is -0.416 e. The predicted molar refractivity (Wildman–Crippen MR) is 69.5 cm³/mol. The highest BCUT2D eigenvalue weighted by molar-refractivity contribution is 7.99. The van der Waals surface area contributed by atoms with Crippen LogP contribution < -0.4 is 5.32 Å². The Morgan fingerprint density at radius 1 is 1.47 bits per heavy atom. The molecule has 96 valence electrons. The average Bonchev–Trinajstić information content (AvgIpc) is 2.83. The first-order valence-corrected chi connectivity index (χ1v) is 6.39. The topological polar surface area (TPSA) is 91.8 Å². The van der Waals surface area contributed by atoms with Crippen molar-refractivity contribution in [2.24, 2.45) is 0 Å². The van der Waals surface area contributed by atoms with Crippen molar-refractivity contribution in [1.29, 1.82) is 5.26 Å². The molecule has 0 aliphatic rings. The number of thioether (sulfide) groups is 1. The van der Waals surface area contributed by atoms with Gasteiger partial charge in [-0.1, -0.05) is 23.9 Å². The van der Waals surface area contributed by atoms with Crippen LogP contribution in [-0.2, 0) is 4.79 Å². The summed E-state index contributed by atoms with van der Waals surface area (Å²) >= 11 is 1.15. The van der Waals surface area contributed by atoms with Gasteiger partial charge in [0.1, 0.15) is 6.07 Å². The number of carbonyl (C=O) groups excluding carboxylic acids is 1. The Hall–Kier alpha value is -2.33. The molecule has 1 amide bonds. The number of benzene rings is 1. The zero-order valence-corrected chi connectivity index (χ0v) is 10.9. The molecule has 1 N–H and O–H groups in total. The van der Waals surface area contributed by atoms with Crippen molar-refractivity contribution in [3.63, 3.8) is 0 Å². The number of anilines is 1. The molecule has 1 aromatic carbocycles. The lowest BCUT2D eigenvalue weighted by Crippen LogP contribution is -2.14. The summed E-state index contributed by atoms with van der Waals surface area (Å²) in [4.78, 5) is 11.7. The number of aryl methyl sites for hydroxylation is 1. The van der Waals surface area contributed by atoms with Crippen LogP contribution in [0.5, 0.6) is 0 Å². The van der Waals surface area contributed by atoms with Gasteiger partial charge in [0, 0.05) is 6.92 Å². The van der Waals surface area contributed by atoms with Gasteiger partial charge in [0.25, 0.3) is 5.22 Å². The van der Waals surface area contributed by atoms with Crippen LogP contribution in [0, 0.1) is 18.3 Å². The van der Waals surface area contributed by atoms with Crippen molar-refractivity contribution in [2.75, 3.05) is 11.1 Å². The van der Waals surface area contributed by atoms with Gasteiger partial charge in [-0.15, -0.1) is 10.2 Å². The fourth-order valence-electron chi connectivity index (χ4n) is 1.34. The molecule has 2 rings (SSSR count). The van der Waals surface area contributed by atoms with Crippen molar-refractivity contribution in [1.82, 2.24) is 10.2 Å². The van der Waals surface area contributed by atoms with E-state index in [0.717, 1.165) is 11.8 Å². The fraction of sp³-hybridized carbons (Fsp3) is 0.167. The van der Waals surface area contributed by atoms with Crippen molar-refractivity contribution >= 4 is 23.4 Å². The molecule has 0 bridgehead atoms. The van der Waals surface area contributed by atoms with E-state index in [9.17, 15) is 4.79 Å². The molecule has 0 spiro atoms. The number of carbonyl (C=O) groups is 1. The molecular formula is C12H10N4O2S. The maximum Gasteiger partial charge on any atom is 0.277 e. The second kappa shape index (κ2) is 6.02. The molecule has 0 radical (unpaired) electrons. The van der Waals surface area contributed by atoms with E-state index in [1.54, 1.807) is 31.2 Å². The number of nitrogens with one attached hydrogen (secondary N) is 1. The third-order valence-electron chi connectivity index (χ3n) is 2.16. The maximum atomic E-state index is 11.7. The van der Waals surface area contributed by atoms with E-state index in [2.05, 4.69) is 15.5 Å². The highest BCUT2D eigenvalue weighted by Crippen LogP contribution is 2.17. The molecular weight excluding hydrogens is 264 g/mol. The summed E-state index contributed by atoms with van der Waals surface area (Å²) in [5.41, 5.74) is 0.923. The normalized spacial score (nSPS) is 9.89. The Kier molecular flexibility index (Phi) is 4.15. The van der Waals surface area contributed by atoms with E-state index in [0.29, 0.717) is 22.4 Å². The molecule has 0 unspecified atom stereocenters. The smallest absolute Gasteiger partial charge is 0.277 e. The lowest BCUT2D eigenvalue weighted by molar-refractivity contribution is -0.113. The van der Waals surface area contributed by atoms with Gasteiger partial charge in [-0.25, -0.2) is 0 Å². The number of rotatable bonds is 4. The van der Waals surface area contributed by atoms with E-state index in [4.69, 9.17) is 9.68 Å². The van der Waals surface area contributed by atoms with Crippen molar-refractivity contribution in [3.8, 4) is 6.07 Å².